The first-order chi connectivity index (χ1) is 12.6. The van der Waals surface area contributed by atoms with Crippen molar-refractivity contribution < 1.29 is 22.6 Å². The van der Waals surface area contributed by atoms with Crippen molar-refractivity contribution in [2.24, 2.45) is 0 Å². The van der Waals surface area contributed by atoms with E-state index in [1.807, 2.05) is 0 Å². The smallest absolute Gasteiger partial charge is 0.243 e. The number of aromatic nitrogens is 2. The molecule has 1 atom stereocenters. The first-order valence-electron chi connectivity index (χ1n) is 8.36. The van der Waals surface area contributed by atoms with E-state index in [0.29, 0.717) is 36.2 Å². The molecule has 3 heterocycles. The van der Waals surface area contributed by atoms with Gasteiger partial charge in [0.1, 0.15) is 11.9 Å². The highest BCUT2D eigenvalue weighted by Crippen LogP contribution is 2.30. The van der Waals surface area contributed by atoms with Gasteiger partial charge < -0.3 is 14.2 Å². The van der Waals surface area contributed by atoms with E-state index < -0.39 is 10.0 Å². The van der Waals surface area contributed by atoms with Gasteiger partial charge in [0, 0.05) is 25.1 Å². The lowest BCUT2D eigenvalue weighted by molar-refractivity contribution is 0.203. The molecule has 1 aromatic heterocycles. The average Bonchev–Trinajstić information content (AvgIpc) is 3.31. The third kappa shape index (κ3) is 3.19. The van der Waals surface area contributed by atoms with E-state index in [1.54, 1.807) is 30.3 Å². The molecule has 0 bridgehead atoms. The van der Waals surface area contributed by atoms with Gasteiger partial charge in [-0.3, -0.25) is 0 Å². The Labute approximate surface area is 151 Å². The molecule has 2 aliphatic heterocycles. The third-order valence-electron chi connectivity index (χ3n) is 4.52. The molecule has 0 amide bonds. The molecule has 9 heteroatoms. The van der Waals surface area contributed by atoms with Crippen molar-refractivity contribution in [3.8, 4) is 17.5 Å². The van der Waals surface area contributed by atoms with E-state index in [1.165, 1.54) is 11.4 Å². The Morgan fingerprint density at radius 2 is 2.00 bits per heavy atom. The van der Waals surface area contributed by atoms with Crippen LogP contribution in [-0.4, -0.2) is 55.8 Å². The molecule has 1 unspecified atom stereocenters. The molecule has 2 aromatic rings. The summed E-state index contributed by atoms with van der Waals surface area (Å²) in [6.45, 7) is 1.29. The number of benzene rings is 1. The maximum Gasteiger partial charge on any atom is 0.243 e. The molecule has 1 aromatic carbocycles. The van der Waals surface area contributed by atoms with Gasteiger partial charge in [0.2, 0.25) is 21.8 Å². The lowest BCUT2D eigenvalue weighted by Crippen LogP contribution is -2.31. The minimum absolute atomic E-state index is 0.259. The maximum atomic E-state index is 12.9. The SMILES string of the molecule is COc1ccc(OC2CCN(S(=O)(=O)c3ccc4c(c3)CCO4)C2)nn1. The molecule has 1 fully saturated rings. The molecule has 0 spiro atoms. The number of rotatable bonds is 5. The molecule has 26 heavy (non-hydrogen) atoms. The van der Waals surface area contributed by atoms with Gasteiger partial charge in [0.25, 0.3) is 0 Å². The molecule has 0 N–H and O–H groups in total. The Kier molecular flexibility index (Phi) is 4.41. The van der Waals surface area contributed by atoms with Crippen molar-refractivity contribution in [2.75, 3.05) is 26.8 Å². The molecule has 4 rings (SSSR count). The number of sulfonamides is 1. The van der Waals surface area contributed by atoms with Crippen molar-refractivity contribution in [1.82, 2.24) is 14.5 Å². The second-order valence-electron chi connectivity index (χ2n) is 6.17. The van der Waals surface area contributed by atoms with Crippen molar-refractivity contribution in [1.29, 1.82) is 0 Å². The lowest BCUT2D eigenvalue weighted by Gasteiger charge is -2.17. The summed E-state index contributed by atoms with van der Waals surface area (Å²) in [4.78, 5) is 0.298. The zero-order valence-electron chi connectivity index (χ0n) is 14.3. The molecular weight excluding hydrogens is 358 g/mol. The van der Waals surface area contributed by atoms with Crippen molar-refractivity contribution in [2.45, 2.75) is 23.8 Å². The summed E-state index contributed by atoms with van der Waals surface area (Å²) in [5.74, 6) is 1.52. The van der Waals surface area contributed by atoms with Crippen LogP contribution in [0.4, 0.5) is 0 Å². The summed E-state index contributed by atoms with van der Waals surface area (Å²) in [6, 6.07) is 8.34. The fourth-order valence-electron chi connectivity index (χ4n) is 3.13. The van der Waals surface area contributed by atoms with Gasteiger partial charge in [-0.05, 0) is 30.2 Å². The van der Waals surface area contributed by atoms with Gasteiger partial charge >= 0.3 is 0 Å². The number of hydrogen-bond donors (Lipinski definition) is 0. The Balaban J connectivity index is 1.45. The molecule has 0 saturated carbocycles. The number of nitrogens with zero attached hydrogens (tertiary/aromatic N) is 3. The van der Waals surface area contributed by atoms with Gasteiger partial charge in [-0.1, -0.05) is 0 Å². The van der Waals surface area contributed by atoms with Crippen LogP contribution in [0.5, 0.6) is 17.5 Å². The molecule has 138 valence electrons. The van der Waals surface area contributed by atoms with Crippen LogP contribution in [0, 0.1) is 0 Å². The summed E-state index contributed by atoms with van der Waals surface area (Å²) in [5.41, 5.74) is 0.937. The van der Waals surface area contributed by atoms with Crippen LogP contribution in [-0.2, 0) is 16.4 Å². The van der Waals surface area contributed by atoms with Crippen LogP contribution in [0.1, 0.15) is 12.0 Å². The van der Waals surface area contributed by atoms with Crippen LogP contribution in [0.3, 0.4) is 0 Å². The van der Waals surface area contributed by atoms with E-state index in [4.69, 9.17) is 14.2 Å². The van der Waals surface area contributed by atoms with Crippen LogP contribution >= 0.6 is 0 Å². The highest BCUT2D eigenvalue weighted by atomic mass is 32.2. The van der Waals surface area contributed by atoms with Crippen molar-refractivity contribution in [3.63, 3.8) is 0 Å². The van der Waals surface area contributed by atoms with Gasteiger partial charge in [0.05, 0.1) is 25.2 Å². The molecule has 0 radical (unpaired) electrons. The van der Waals surface area contributed by atoms with E-state index in [9.17, 15) is 8.42 Å². The third-order valence-corrected chi connectivity index (χ3v) is 6.38. The largest absolute Gasteiger partial charge is 0.493 e. The van der Waals surface area contributed by atoms with E-state index in [0.717, 1.165) is 17.7 Å². The fourth-order valence-corrected chi connectivity index (χ4v) is 4.67. The first-order valence-corrected chi connectivity index (χ1v) is 9.80. The van der Waals surface area contributed by atoms with Crippen molar-refractivity contribution in [3.05, 3.63) is 35.9 Å². The normalized spacial score (nSPS) is 19.8. The molecule has 1 saturated heterocycles. The maximum absolute atomic E-state index is 12.9. The van der Waals surface area contributed by atoms with Crippen LogP contribution < -0.4 is 14.2 Å². The standard InChI is InChI=1S/C17H19N3O5S/c1-23-16-4-5-17(19-18-16)25-13-6-8-20(11-13)26(21,22)14-2-3-15-12(10-14)7-9-24-15/h2-5,10,13H,6-9,11H2,1H3. The van der Waals surface area contributed by atoms with Crippen LogP contribution in [0.2, 0.25) is 0 Å². The summed E-state index contributed by atoms with van der Waals surface area (Å²) in [7, 11) is -2.05. The van der Waals surface area contributed by atoms with E-state index in [-0.39, 0.29) is 12.6 Å². The number of methoxy groups -OCH3 is 1. The zero-order chi connectivity index (χ0) is 18.1. The number of ether oxygens (including phenoxy) is 3. The topological polar surface area (TPSA) is 90.9 Å². The van der Waals surface area contributed by atoms with E-state index in [2.05, 4.69) is 10.2 Å². The van der Waals surface area contributed by atoms with Gasteiger partial charge in [0.15, 0.2) is 0 Å². The Morgan fingerprint density at radius 1 is 1.19 bits per heavy atom. The number of hydrogen-bond acceptors (Lipinski definition) is 7. The molecule has 8 nitrogen and oxygen atoms in total. The zero-order valence-corrected chi connectivity index (χ0v) is 15.1. The van der Waals surface area contributed by atoms with Crippen molar-refractivity contribution >= 4 is 10.0 Å². The van der Waals surface area contributed by atoms with Gasteiger partial charge in [-0.15, -0.1) is 10.2 Å². The molecular formula is C17H19N3O5S. The summed E-state index contributed by atoms with van der Waals surface area (Å²) in [6.07, 6.45) is 1.08. The molecule has 2 aliphatic rings. The number of fused-ring (bicyclic) bond motifs is 1. The fraction of sp³-hybridized carbons (Fsp3) is 0.412. The van der Waals surface area contributed by atoms with Crippen LogP contribution in [0.25, 0.3) is 0 Å². The molecule has 0 aliphatic carbocycles. The predicted octanol–water partition coefficient (Wildman–Crippen LogP) is 1.26. The van der Waals surface area contributed by atoms with E-state index >= 15 is 0 Å². The lowest BCUT2D eigenvalue weighted by atomic mass is 10.2. The summed E-state index contributed by atoms with van der Waals surface area (Å²) < 4.78 is 43.4. The van der Waals surface area contributed by atoms with Crippen LogP contribution in [0.15, 0.2) is 35.2 Å². The Morgan fingerprint density at radius 3 is 2.77 bits per heavy atom. The minimum atomic E-state index is -3.55. The minimum Gasteiger partial charge on any atom is -0.493 e. The first kappa shape index (κ1) is 17.0. The summed E-state index contributed by atoms with van der Waals surface area (Å²) >= 11 is 0. The Bertz CT molecular complexity index is 901. The Hall–Kier alpha value is -2.39. The van der Waals surface area contributed by atoms with Gasteiger partial charge in [-0.2, -0.15) is 4.31 Å². The quantitative estimate of drug-likeness (QED) is 0.775. The highest BCUT2D eigenvalue weighted by Gasteiger charge is 2.34. The summed E-state index contributed by atoms with van der Waals surface area (Å²) in [5, 5.41) is 7.77. The monoisotopic (exact) mass is 377 g/mol. The predicted molar refractivity (Wildman–Crippen MR) is 92.0 cm³/mol. The second-order valence-corrected chi connectivity index (χ2v) is 8.11. The highest BCUT2D eigenvalue weighted by molar-refractivity contribution is 7.89. The second kappa shape index (κ2) is 6.73. The average molecular weight is 377 g/mol. The van der Waals surface area contributed by atoms with Gasteiger partial charge in [-0.25, -0.2) is 8.42 Å².